The SMILES string of the molecule is CC(C)[Si](C(C)C)(C(C)C)n1ccc(C(F)(F)F)c1C(F)(F)F. The van der Waals surface area contributed by atoms with Crippen molar-refractivity contribution in [2.24, 2.45) is 0 Å². The molecule has 1 heterocycles. The second-order valence-electron chi connectivity index (χ2n) is 6.79. The molecule has 23 heavy (non-hydrogen) atoms. The molecule has 0 amide bonds. The van der Waals surface area contributed by atoms with Gasteiger partial charge in [-0.3, -0.25) is 0 Å². The van der Waals surface area contributed by atoms with E-state index in [2.05, 4.69) is 0 Å². The molecule has 0 aliphatic heterocycles. The van der Waals surface area contributed by atoms with Crippen LogP contribution in [0.1, 0.15) is 52.8 Å². The summed E-state index contributed by atoms with van der Waals surface area (Å²) in [6.45, 7) is 10.8. The fraction of sp³-hybridized carbons (Fsp3) is 0.733. The van der Waals surface area contributed by atoms with Crippen LogP contribution in [0.2, 0.25) is 16.6 Å². The van der Waals surface area contributed by atoms with Crippen molar-refractivity contribution in [1.82, 2.24) is 4.23 Å². The van der Waals surface area contributed by atoms with Crippen molar-refractivity contribution in [2.75, 3.05) is 0 Å². The van der Waals surface area contributed by atoms with E-state index in [1.807, 2.05) is 0 Å². The fourth-order valence-corrected chi connectivity index (χ4v) is 10.7. The van der Waals surface area contributed by atoms with E-state index in [-0.39, 0.29) is 16.6 Å². The van der Waals surface area contributed by atoms with Crippen LogP contribution in [-0.2, 0) is 12.4 Å². The van der Waals surface area contributed by atoms with Crippen molar-refractivity contribution in [3.63, 3.8) is 0 Å². The Kier molecular flexibility index (Phi) is 5.41. The van der Waals surface area contributed by atoms with Crippen molar-refractivity contribution in [3.05, 3.63) is 23.5 Å². The molecule has 134 valence electrons. The summed E-state index contributed by atoms with van der Waals surface area (Å²) in [5.74, 6) is 0. The average Bonchev–Trinajstić information content (AvgIpc) is 2.72. The third kappa shape index (κ3) is 3.32. The number of hydrogen-bond donors (Lipinski definition) is 0. The van der Waals surface area contributed by atoms with Crippen LogP contribution in [0.4, 0.5) is 26.3 Å². The molecule has 0 aliphatic rings. The largest absolute Gasteiger partial charge is 0.431 e. The number of halogens is 6. The second-order valence-corrected chi connectivity index (χ2v) is 12.5. The molecule has 1 rings (SSSR count). The van der Waals surface area contributed by atoms with E-state index in [0.717, 1.165) is 10.4 Å². The summed E-state index contributed by atoms with van der Waals surface area (Å²) in [5, 5.41) is 0. The fourth-order valence-electron chi connectivity index (χ4n) is 4.11. The zero-order valence-corrected chi connectivity index (χ0v) is 15.1. The number of rotatable bonds is 4. The Balaban J connectivity index is 3.86. The van der Waals surface area contributed by atoms with Crippen LogP contribution in [0.3, 0.4) is 0 Å². The van der Waals surface area contributed by atoms with Crippen molar-refractivity contribution < 1.29 is 26.3 Å². The van der Waals surface area contributed by atoms with Crippen LogP contribution in [-0.4, -0.2) is 12.5 Å². The van der Waals surface area contributed by atoms with Gasteiger partial charge in [0.05, 0.1) is 5.56 Å². The summed E-state index contributed by atoms with van der Waals surface area (Å²) in [4.78, 5) is 0. The first-order valence-electron chi connectivity index (χ1n) is 7.54. The van der Waals surface area contributed by atoms with Crippen LogP contribution >= 0.6 is 0 Å². The van der Waals surface area contributed by atoms with Crippen LogP contribution in [0.15, 0.2) is 12.3 Å². The lowest BCUT2D eigenvalue weighted by Crippen LogP contribution is -2.53. The van der Waals surface area contributed by atoms with Gasteiger partial charge in [-0.2, -0.15) is 26.3 Å². The van der Waals surface area contributed by atoms with Crippen molar-refractivity contribution in [3.8, 4) is 0 Å². The quantitative estimate of drug-likeness (QED) is 0.424. The van der Waals surface area contributed by atoms with Gasteiger partial charge in [0, 0.05) is 0 Å². The molecule has 8 heteroatoms. The van der Waals surface area contributed by atoms with Crippen LogP contribution in [0, 0.1) is 0 Å². The topological polar surface area (TPSA) is 4.93 Å². The maximum absolute atomic E-state index is 13.5. The molecule has 1 nitrogen and oxygen atoms in total. The Hall–Kier alpha value is -0.923. The van der Waals surface area contributed by atoms with E-state index >= 15 is 0 Å². The van der Waals surface area contributed by atoms with Crippen molar-refractivity contribution >= 4 is 8.24 Å². The number of hydrogen-bond acceptors (Lipinski definition) is 0. The zero-order chi connectivity index (χ0) is 18.4. The minimum absolute atomic E-state index is 0.142. The molecule has 0 spiro atoms. The molecule has 0 bridgehead atoms. The zero-order valence-electron chi connectivity index (χ0n) is 14.1. The van der Waals surface area contributed by atoms with Gasteiger partial charge in [0.1, 0.15) is 5.69 Å². The number of alkyl halides is 6. The first-order valence-corrected chi connectivity index (χ1v) is 9.72. The lowest BCUT2D eigenvalue weighted by atomic mass is 10.2. The second kappa shape index (κ2) is 6.18. The maximum Gasteiger partial charge on any atom is 0.431 e. The van der Waals surface area contributed by atoms with Crippen LogP contribution < -0.4 is 0 Å². The highest BCUT2D eigenvalue weighted by molar-refractivity contribution is 6.82. The molecule has 0 fully saturated rings. The summed E-state index contributed by atoms with van der Waals surface area (Å²) in [6, 6.07) is 0.567. The Morgan fingerprint density at radius 3 is 1.43 bits per heavy atom. The maximum atomic E-state index is 13.5. The standard InChI is InChI=1S/C15H23F6NSi/c1-9(2)23(10(3)4,11(5)6)22-8-7-12(14(16,17)18)13(22)15(19,20)21/h7-11H,1-6H3. The van der Waals surface area contributed by atoms with E-state index in [4.69, 9.17) is 0 Å². The molecule has 0 saturated carbocycles. The van der Waals surface area contributed by atoms with Gasteiger partial charge in [0.25, 0.3) is 0 Å². The van der Waals surface area contributed by atoms with Gasteiger partial charge in [-0.15, -0.1) is 0 Å². The minimum Gasteiger partial charge on any atom is -0.369 e. The van der Waals surface area contributed by atoms with Crippen molar-refractivity contribution in [1.29, 1.82) is 0 Å². The molecule has 0 saturated heterocycles. The summed E-state index contributed by atoms with van der Waals surface area (Å²) in [5.41, 5.74) is -3.57. The highest BCUT2D eigenvalue weighted by atomic mass is 28.3. The Labute approximate surface area is 133 Å². The highest BCUT2D eigenvalue weighted by Gasteiger charge is 2.53. The van der Waals surface area contributed by atoms with E-state index < -0.39 is 31.8 Å². The minimum atomic E-state index is -5.05. The van der Waals surface area contributed by atoms with Gasteiger partial charge < -0.3 is 4.23 Å². The average molecular weight is 359 g/mol. The van der Waals surface area contributed by atoms with E-state index in [1.54, 1.807) is 41.5 Å². The molecule has 0 aliphatic carbocycles. The molecule has 0 unspecified atom stereocenters. The van der Waals surface area contributed by atoms with Crippen molar-refractivity contribution in [2.45, 2.75) is 70.5 Å². The first-order chi connectivity index (χ1) is 10.2. The van der Waals surface area contributed by atoms with Gasteiger partial charge in [0.2, 0.25) is 0 Å². The van der Waals surface area contributed by atoms with Gasteiger partial charge in [0.15, 0.2) is 8.24 Å². The molecular formula is C15H23F6NSi. The molecule has 0 aromatic carbocycles. The van der Waals surface area contributed by atoms with Gasteiger partial charge in [-0.1, -0.05) is 41.5 Å². The molecule has 0 N–H and O–H groups in total. The van der Waals surface area contributed by atoms with E-state index in [9.17, 15) is 26.3 Å². The molecule has 1 aromatic heterocycles. The summed E-state index contributed by atoms with van der Waals surface area (Å²) in [6.07, 6.45) is -9.08. The Morgan fingerprint density at radius 2 is 1.17 bits per heavy atom. The van der Waals surface area contributed by atoms with Gasteiger partial charge in [-0.05, 0) is 28.9 Å². The molecular weight excluding hydrogens is 336 g/mol. The Morgan fingerprint density at radius 1 is 0.783 bits per heavy atom. The Bertz CT molecular complexity index is 517. The van der Waals surface area contributed by atoms with Gasteiger partial charge >= 0.3 is 12.4 Å². The highest BCUT2D eigenvalue weighted by Crippen LogP contribution is 2.48. The van der Waals surface area contributed by atoms with Crippen LogP contribution in [0.25, 0.3) is 0 Å². The summed E-state index contributed by atoms with van der Waals surface area (Å²) in [7, 11) is -2.92. The molecule has 0 radical (unpaired) electrons. The third-order valence-electron chi connectivity index (χ3n) is 4.65. The third-order valence-corrected chi connectivity index (χ3v) is 11.4. The molecule has 1 aromatic rings. The van der Waals surface area contributed by atoms with Crippen LogP contribution in [0.5, 0.6) is 0 Å². The normalized spacial score (nSPS) is 14.4. The lowest BCUT2D eigenvalue weighted by molar-refractivity contribution is -0.164. The lowest BCUT2D eigenvalue weighted by Gasteiger charge is -2.45. The monoisotopic (exact) mass is 359 g/mol. The van der Waals surface area contributed by atoms with E-state index in [1.165, 1.54) is 0 Å². The molecule has 0 atom stereocenters. The predicted octanol–water partition coefficient (Wildman–Crippen LogP) is 6.55. The smallest absolute Gasteiger partial charge is 0.369 e. The first kappa shape index (κ1) is 20.1. The summed E-state index contributed by atoms with van der Waals surface area (Å²) < 4.78 is 80.7. The summed E-state index contributed by atoms with van der Waals surface area (Å²) >= 11 is 0. The number of nitrogens with zero attached hydrogens (tertiary/aromatic N) is 1. The van der Waals surface area contributed by atoms with E-state index in [0.29, 0.717) is 6.07 Å². The van der Waals surface area contributed by atoms with Gasteiger partial charge in [-0.25, -0.2) is 0 Å². The number of aromatic nitrogens is 1. The predicted molar refractivity (Wildman–Crippen MR) is 80.9 cm³/mol.